The fourth-order valence-corrected chi connectivity index (χ4v) is 4.10. The van der Waals surface area contributed by atoms with E-state index in [0.717, 1.165) is 5.56 Å². The van der Waals surface area contributed by atoms with Crippen molar-refractivity contribution >= 4 is 34.7 Å². The van der Waals surface area contributed by atoms with Crippen LogP contribution in [0.2, 0.25) is 5.02 Å². The van der Waals surface area contributed by atoms with Crippen molar-refractivity contribution in [1.29, 1.82) is 0 Å². The van der Waals surface area contributed by atoms with E-state index in [4.69, 9.17) is 21.1 Å². The fourth-order valence-electron chi connectivity index (χ4n) is 3.92. The van der Waals surface area contributed by atoms with Gasteiger partial charge in [0.05, 0.1) is 25.8 Å². The Kier molecular flexibility index (Phi) is 6.11. The number of Topliss-reactive ketones (excluding diaryl/α,β-unsaturated/α-hetero) is 1. The number of ketones is 1. The molecule has 3 aromatic carbocycles. The van der Waals surface area contributed by atoms with Crippen molar-refractivity contribution < 1.29 is 24.2 Å². The van der Waals surface area contributed by atoms with E-state index < -0.39 is 17.7 Å². The van der Waals surface area contributed by atoms with E-state index in [1.54, 1.807) is 66.7 Å². The Bertz CT molecular complexity index is 1270. The summed E-state index contributed by atoms with van der Waals surface area (Å²) in [5, 5.41) is 11.6. The van der Waals surface area contributed by atoms with E-state index >= 15 is 0 Å². The molecule has 3 aromatic rings. The van der Waals surface area contributed by atoms with E-state index in [0.29, 0.717) is 33.3 Å². The Hall–Kier alpha value is -3.77. The van der Waals surface area contributed by atoms with Crippen LogP contribution in [-0.2, 0) is 9.59 Å². The van der Waals surface area contributed by atoms with E-state index in [1.165, 1.54) is 19.1 Å². The number of hydrogen-bond acceptors (Lipinski definition) is 5. The summed E-state index contributed by atoms with van der Waals surface area (Å²) in [4.78, 5) is 27.8. The number of aryl methyl sites for hydroxylation is 1. The Morgan fingerprint density at radius 1 is 0.939 bits per heavy atom. The number of amides is 1. The van der Waals surface area contributed by atoms with Crippen molar-refractivity contribution in [2.24, 2.45) is 0 Å². The molecule has 4 rings (SSSR count). The molecule has 1 fully saturated rings. The molecule has 1 unspecified atom stereocenters. The zero-order valence-electron chi connectivity index (χ0n) is 18.3. The minimum Gasteiger partial charge on any atom is -0.507 e. The van der Waals surface area contributed by atoms with Crippen LogP contribution in [0.4, 0.5) is 5.69 Å². The third kappa shape index (κ3) is 3.94. The topological polar surface area (TPSA) is 76.1 Å². The quantitative estimate of drug-likeness (QED) is 0.316. The highest BCUT2D eigenvalue weighted by atomic mass is 35.5. The number of benzene rings is 3. The number of hydrogen-bond donors (Lipinski definition) is 1. The van der Waals surface area contributed by atoms with Crippen LogP contribution >= 0.6 is 11.6 Å². The molecule has 168 valence electrons. The molecule has 0 bridgehead atoms. The van der Waals surface area contributed by atoms with Crippen LogP contribution in [0.15, 0.2) is 72.3 Å². The third-order valence-electron chi connectivity index (χ3n) is 5.65. The maximum absolute atomic E-state index is 13.2. The molecule has 1 atom stereocenters. The number of carbonyl (C=O) groups is 2. The molecule has 0 radical (unpaired) electrons. The van der Waals surface area contributed by atoms with Crippen molar-refractivity contribution in [1.82, 2.24) is 0 Å². The maximum atomic E-state index is 13.2. The minimum absolute atomic E-state index is 0.0184. The summed E-state index contributed by atoms with van der Waals surface area (Å²) in [5.74, 6) is -0.864. The summed E-state index contributed by atoms with van der Waals surface area (Å²) in [6, 6.07) is 18.0. The van der Waals surface area contributed by atoms with Gasteiger partial charge in [0.15, 0.2) is 11.5 Å². The summed E-state index contributed by atoms with van der Waals surface area (Å²) in [6.45, 7) is 1.85. The van der Waals surface area contributed by atoms with Crippen LogP contribution in [0.1, 0.15) is 22.7 Å². The van der Waals surface area contributed by atoms with Crippen LogP contribution < -0.4 is 14.4 Å². The lowest BCUT2D eigenvalue weighted by Gasteiger charge is -2.26. The van der Waals surface area contributed by atoms with Crippen LogP contribution in [0.25, 0.3) is 5.76 Å². The second-order valence-electron chi connectivity index (χ2n) is 7.58. The Labute approximate surface area is 196 Å². The summed E-state index contributed by atoms with van der Waals surface area (Å²) in [6.07, 6.45) is 0. The number of aliphatic hydroxyl groups excluding tert-OH is 1. The zero-order valence-corrected chi connectivity index (χ0v) is 19.1. The molecule has 1 aliphatic heterocycles. The molecule has 33 heavy (non-hydrogen) atoms. The largest absolute Gasteiger partial charge is 0.507 e. The number of halogens is 1. The van der Waals surface area contributed by atoms with E-state index in [-0.39, 0.29) is 11.3 Å². The smallest absolute Gasteiger partial charge is 0.300 e. The number of rotatable bonds is 5. The number of anilines is 1. The van der Waals surface area contributed by atoms with Crippen molar-refractivity contribution in [2.45, 2.75) is 13.0 Å². The molecular weight excluding hydrogens is 442 g/mol. The zero-order chi connectivity index (χ0) is 23.7. The van der Waals surface area contributed by atoms with Gasteiger partial charge in [0, 0.05) is 16.3 Å². The lowest BCUT2D eigenvalue weighted by molar-refractivity contribution is -0.132. The standard InChI is InChI=1S/C26H22ClNO5/c1-15-9-11-18(14-19(15)27)28-23(17-10-12-20(32-2)21(13-17)33-3)22(25(30)26(28)31)24(29)16-7-5-4-6-8-16/h4-14,23,29H,1-3H3. The normalized spacial score (nSPS) is 17.3. The van der Waals surface area contributed by atoms with Gasteiger partial charge in [-0.15, -0.1) is 0 Å². The molecule has 1 N–H and O–H groups in total. The van der Waals surface area contributed by atoms with E-state index in [9.17, 15) is 14.7 Å². The molecule has 1 saturated heterocycles. The fraction of sp³-hybridized carbons (Fsp3) is 0.154. The first-order valence-corrected chi connectivity index (χ1v) is 10.6. The van der Waals surface area contributed by atoms with Gasteiger partial charge in [-0.25, -0.2) is 0 Å². The van der Waals surface area contributed by atoms with Crippen LogP contribution in [0, 0.1) is 6.92 Å². The monoisotopic (exact) mass is 463 g/mol. The molecule has 1 amide bonds. The average Bonchev–Trinajstić information content (AvgIpc) is 3.10. The molecule has 6 nitrogen and oxygen atoms in total. The summed E-state index contributed by atoms with van der Waals surface area (Å²) in [7, 11) is 3.02. The van der Waals surface area contributed by atoms with Gasteiger partial charge in [0.1, 0.15) is 5.76 Å². The first-order valence-electron chi connectivity index (χ1n) is 10.2. The number of methoxy groups -OCH3 is 2. The van der Waals surface area contributed by atoms with Gasteiger partial charge >= 0.3 is 0 Å². The van der Waals surface area contributed by atoms with Gasteiger partial charge in [-0.3, -0.25) is 14.5 Å². The van der Waals surface area contributed by atoms with Gasteiger partial charge in [-0.2, -0.15) is 0 Å². The van der Waals surface area contributed by atoms with E-state index in [1.807, 2.05) is 6.92 Å². The molecular formula is C26H22ClNO5. The summed E-state index contributed by atoms with van der Waals surface area (Å²) in [5.41, 5.74) is 2.27. The molecule has 1 heterocycles. The summed E-state index contributed by atoms with van der Waals surface area (Å²) < 4.78 is 10.8. The highest BCUT2D eigenvalue weighted by molar-refractivity contribution is 6.51. The Balaban J connectivity index is 1.98. The van der Waals surface area contributed by atoms with Gasteiger partial charge in [0.25, 0.3) is 11.7 Å². The maximum Gasteiger partial charge on any atom is 0.300 e. The Morgan fingerprint density at radius 2 is 1.64 bits per heavy atom. The molecule has 0 spiro atoms. The Morgan fingerprint density at radius 3 is 2.27 bits per heavy atom. The first-order chi connectivity index (χ1) is 15.9. The predicted octanol–water partition coefficient (Wildman–Crippen LogP) is 5.29. The van der Waals surface area contributed by atoms with Crippen LogP contribution in [0.3, 0.4) is 0 Å². The molecule has 0 aromatic heterocycles. The molecule has 0 saturated carbocycles. The van der Waals surface area contributed by atoms with Gasteiger partial charge in [0.2, 0.25) is 0 Å². The first kappa shape index (κ1) is 22.4. The van der Waals surface area contributed by atoms with Crippen molar-refractivity contribution in [3.8, 4) is 11.5 Å². The van der Waals surface area contributed by atoms with Gasteiger partial charge in [-0.1, -0.05) is 54.1 Å². The highest BCUT2D eigenvalue weighted by Crippen LogP contribution is 2.44. The predicted molar refractivity (Wildman–Crippen MR) is 127 cm³/mol. The van der Waals surface area contributed by atoms with Crippen LogP contribution in [-0.4, -0.2) is 31.0 Å². The lowest BCUT2D eigenvalue weighted by Crippen LogP contribution is -2.29. The molecule has 0 aliphatic carbocycles. The van der Waals surface area contributed by atoms with Crippen LogP contribution in [0.5, 0.6) is 11.5 Å². The van der Waals surface area contributed by atoms with Crippen molar-refractivity contribution in [2.75, 3.05) is 19.1 Å². The van der Waals surface area contributed by atoms with E-state index in [2.05, 4.69) is 0 Å². The molecule has 1 aliphatic rings. The SMILES string of the molecule is COc1ccc(C2C(=C(O)c3ccccc3)C(=O)C(=O)N2c2ccc(C)c(Cl)c2)cc1OC. The van der Waals surface area contributed by atoms with Crippen molar-refractivity contribution in [3.63, 3.8) is 0 Å². The second kappa shape index (κ2) is 9.00. The van der Waals surface area contributed by atoms with Gasteiger partial charge < -0.3 is 14.6 Å². The second-order valence-corrected chi connectivity index (χ2v) is 7.99. The summed E-state index contributed by atoms with van der Waals surface area (Å²) >= 11 is 6.33. The minimum atomic E-state index is -0.899. The molecule has 7 heteroatoms. The lowest BCUT2D eigenvalue weighted by atomic mass is 9.94. The highest BCUT2D eigenvalue weighted by Gasteiger charge is 2.47. The van der Waals surface area contributed by atoms with Gasteiger partial charge in [-0.05, 0) is 42.3 Å². The average molecular weight is 464 g/mol. The number of carbonyl (C=O) groups excluding carboxylic acids is 2. The third-order valence-corrected chi connectivity index (χ3v) is 6.06. The number of ether oxygens (including phenoxy) is 2. The number of nitrogens with zero attached hydrogens (tertiary/aromatic N) is 1. The van der Waals surface area contributed by atoms with Crippen molar-refractivity contribution in [3.05, 3.63) is 94.0 Å². The number of aliphatic hydroxyl groups is 1.